The Morgan fingerprint density at radius 1 is 1.13 bits per heavy atom. The first-order valence-corrected chi connectivity index (χ1v) is 9.83. The number of benzene rings is 2. The van der Waals surface area contributed by atoms with Crippen LogP contribution in [0, 0.1) is 0 Å². The number of hydrogen-bond donors (Lipinski definition) is 2. The van der Waals surface area contributed by atoms with Crippen LogP contribution in [-0.4, -0.2) is 32.8 Å². The lowest BCUT2D eigenvalue weighted by molar-refractivity contribution is -0.136. The van der Waals surface area contributed by atoms with Crippen molar-refractivity contribution in [3.05, 3.63) is 64.2 Å². The molecule has 0 saturated carbocycles. The monoisotopic (exact) mass is 430 g/mol. The van der Waals surface area contributed by atoms with E-state index in [0.717, 1.165) is 6.42 Å². The van der Waals surface area contributed by atoms with Crippen molar-refractivity contribution in [2.45, 2.75) is 19.4 Å². The first-order chi connectivity index (χ1) is 14.5. The molecule has 30 heavy (non-hydrogen) atoms. The van der Waals surface area contributed by atoms with E-state index in [2.05, 4.69) is 10.6 Å². The minimum Gasteiger partial charge on any atom is -0.497 e. The van der Waals surface area contributed by atoms with E-state index < -0.39 is 18.0 Å². The Balaban J connectivity index is 2.18. The lowest BCUT2D eigenvalue weighted by atomic mass is 9.92. The van der Waals surface area contributed by atoms with Gasteiger partial charge in [0.05, 0.1) is 38.1 Å². The molecule has 1 aliphatic heterocycles. The maximum atomic E-state index is 12.8. The topological polar surface area (TPSA) is 85.9 Å². The highest BCUT2D eigenvalue weighted by Gasteiger charge is 2.35. The zero-order chi connectivity index (χ0) is 21.7. The van der Waals surface area contributed by atoms with Gasteiger partial charge in [-0.3, -0.25) is 0 Å². The molecule has 0 spiro atoms. The molecule has 2 aromatic carbocycles. The van der Waals surface area contributed by atoms with Gasteiger partial charge in [0.1, 0.15) is 11.5 Å². The van der Waals surface area contributed by atoms with E-state index in [9.17, 15) is 9.59 Å². The largest absolute Gasteiger partial charge is 0.497 e. The van der Waals surface area contributed by atoms with Gasteiger partial charge < -0.3 is 24.8 Å². The minimum absolute atomic E-state index is 0.242. The van der Waals surface area contributed by atoms with Crippen LogP contribution >= 0.6 is 11.6 Å². The number of ether oxygens (including phenoxy) is 3. The Morgan fingerprint density at radius 3 is 2.50 bits per heavy atom. The summed E-state index contributed by atoms with van der Waals surface area (Å²) in [5.41, 5.74) is 1.79. The van der Waals surface area contributed by atoms with Crippen molar-refractivity contribution in [1.82, 2.24) is 10.6 Å². The molecule has 0 saturated heterocycles. The van der Waals surface area contributed by atoms with Crippen molar-refractivity contribution < 1.29 is 23.8 Å². The second-order valence-electron chi connectivity index (χ2n) is 6.57. The summed E-state index contributed by atoms with van der Waals surface area (Å²) in [4.78, 5) is 25.3. The molecule has 1 aliphatic rings. The van der Waals surface area contributed by atoms with E-state index in [0.29, 0.717) is 40.0 Å². The fraction of sp³-hybridized carbons (Fsp3) is 0.273. The van der Waals surface area contributed by atoms with Gasteiger partial charge in [-0.1, -0.05) is 18.5 Å². The maximum Gasteiger partial charge on any atom is 0.338 e. The predicted octanol–water partition coefficient (Wildman–Crippen LogP) is 4.08. The second-order valence-corrected chi connectivity index (χ2v) is 7.01. The van der Waals surface area contributed by atoms with Gasteiger partial charge in [0, 0.05) is 10.6 Å². The molecule has 2 amide bonds. The number of carbonyl (C=O) groups is 2. The number of halogens is 1. The van der Waals surface area contributed by atoms with Crippen LogP contribution in [-0.2, 0) is 9.53 Å². The molecule has 0 fully saturated rings. The average Bonchev–Trinajstić information content (AvgIpc) is 2.77. The fourth-order valence-corrected chi connectivity index (χ4v) is 3.38. The van der Waals surface area contributed by atoms with Gasteiger partial charge in [0.2, 0.25) is 0 Å². The van der Waals surface area contributed by atoms with Crippen LogP contribution in [0.2, 0.25) is 5.02 Å². The molecule has 1 heterocycles. The first-order valence-electron chi connectivity index (χ1n) is 9.45. The molecule has 158 valence electrons. The number of nitrogens with one attached hydrogen (secondary N) is 2. The summed E-state index contributed by atoms with van der Waals surface area (Å²) >= 11 is 6.22. The molecule has 1 atom stereocenters. The zero-order valence-electron chi connectivity index (χ0n) is 17.0. The van der Waals surface area contributed by atoms with E-state index in [1.54, 1.807) is 49.6 Å². The van der Waals surface area contributed by atoms with E-state index in [-0.39, 0.29) is 5.57 Å². The van der Waals surface area contributed by atoms with E-state index in [1.807, 2.05) is 6.92 Å². The number of carbonyl (C=O) groups excluding carboxylic acids is 2. The Hall–Kier alpha value is -3.19. The normalized spacial score (nSPS) is 15.9. The smallest absolute Gasteiger partial charge is 0.338 e. The molecule has 2 aromatic rings. The SMILES string of the molecule is CCCOc1ccc(Cl)cc1C1NC(=O)NC(c2ccc(OC)cc2)=C1C(=O)OC. The second kappa shape index (κ2) is 9.54. The van der Waals surface area contributed by atoms with Crippen LogP contribution in [0.5, 0.6) is 11.5 Å². The van der Waals surface area contributed by atoms with E-state index in [1.165, 1.54) is 7.11 Å². The van der Waals surface area contributed by atoms with Gasteiger partial charge in [-0.15, -0.1) is 0 Å². The third-order valence-corrected chi connectivity index (χ3v) is 4.84. The van der Waals surface area contributed by atoms with Crippen molar-refractivity contribution in [3.63, 3.8) is 0 Å². The predicted molar refractivity (Wildman–Crippen MR) is 114 cm³/mol. The standard InChI is InChI=1S/C22H23ClN2O5/c1-4-11-30-17-10-7-14(23)12-16(17)20-18(21(26)29-3)19(24-22(27)25-20)13-5-8-15(28-2)9-6-13/h5-10,12,20H,4,11H2,1-3H3,(H2,24,25,27). The van der Waals surface area contributed by atoms with Gasteiger partial charge in [-0.25, -0.2) is 9.59 Å². The highest BCUT2D eigenvalue weighted by molar-refractivity contribution is 6.30. The Bertz CT molecular complexity index is 972. The minimum atomic E-state index is -0.811. The molecule has 0 radical (unpaired) electrons. The summed E-state index contributed by atoms with van der Waals surface area (Å²) in [5.74, 6) is 0.601. The third-order valence-electron chi connectivity index (χ3n) is 4.60. The van der Waals surface area contributed by atoms with E-state index in [4.69, 9.17) is 25.8 Å². The molecule has 8 heteroatoms. The van der Waals surface area contributed by atoms with Gasteiger partial charge in [-0.2, -0.15) is 0 Å². The summed E-state index contributed by atoms with van der Waals surface area (Å²) in [6.07, 6.45) is 0.803. The van der Waals surface area contributed by atoms with Crippen molar-refractivity contribution in [1.29, 1.82) is 0 Å². The number of esters is 1. The molecular formula is C22H23ClN2O5. The summed E-state index contributed by atoms with van der Waals surface area (Å²) in [5, 5.41) is 5.97. The molecular weight excluding hydrogens is 408 g/mol. The Labute approximate surface area is 180 Å². The van der Waals surface area contributed by atoms with Gasteiger partial charge in [-0.05, 0) is 54.4 Å². The van der Waals surface area contributed by atoms with Crippen molar-refractivity contribution in [3.8, 4) is 11.5 Å². The molecule has 2 N–H and O–H groups in total. The van der Waals surface area contributed by atoms with Crippen LogP contribution in [0.1, 0.15) is 30.5 Å². The van der Waals surface area contributed by atoms with Crippen LogP contribution < -0.4 is 20.1 Å². The number of hydrogen-bond acceptors (Lipinski definition) is 5. The summed E-state index contributed by atoms with van der Waals surface area (Å²) in [6, 6.07) is 10.8. The fourth-order valence-electron chi connectivity index (χ4n) is 3.20. The summed E-state index contributed by atoms with van der Waals surface area (Å²) < 4.78 is 16.1. The summed E-state index contributed by atoms with van der Waals surface area (Å²) in [7, 11) is 2.86. The maximum absolute atomic E-state index is 12.8. The number of rotatable bonds is 7. The molecule has 1 unspecified atom stereocenters. The highest BCUT2D eigenvalue weighted by Crippen LogP contribution is 2.37. The summed E-state index contributed by atoms with van der Waals surface area (Å²) in [6.45, 7) is 2.47. The third kappa shape index (κ3) is 4.52. The Kier molecular flexibility index (Phi) is 6.84. The zero-order valence-corrected chi connectivity index (χ0v) is 17.7. The quantitative estimate of drug-likeness (QED) is 0.646. The van der Waals surface area contributed by atoms with E-state index >= 15 is 0 Å². The lowest BCUT2D eigenvalue weighted by Crippen LogP contribution is -2.45. The number of methoxy groups -OCH3 is 2. The van der Waals surface area contributed by atoms with Crippen LogP contribution in [0.25, 0.3) is 5.70 Å². The molecule has 0 aromatic heterocycles. The van der Waals surface area contributed by atoms with Crippen LogP contribution in [0.3, 0.4) is 0 Å². The van der Waals surface area contributed by atoms with Crippen LogP contribution in [0.4, 0.5) is 4.79 Å². The lowest BCUT2D eigenvalue weighted by Gasteiger charge is -2.30. The van der Waals surface area contributed by atoms with Crippen molar-refractivity contribution >= 4 is 29.3 Å². The highest BCUT2D eigenvalue weighted by atomic mass is 35.5. The first kappa shape index (κ1) is 21.5. The van der Waals surface area contributed by atoms with Gasteiger partial charge >= 0.3 is 12.0 Å². The average molecular weight is 431 g/mol. The van der Waals surface area contributed by atoms with Crippen molar-refractivity contribution in [2.24, 2.45) is 0 Å². The van der Waals surface area contributed by atoms with Crippen LogP contribution in [0.15, 0.2) is 48.0 Å². The molecule has 0 aliphatic carbocycles. The van der Waals surface area contributed by atoms with Gasteiger partial charge in [0.15, 0.2) is 0 Å². The number of amides is 2. The molecule has 7 nitrogen and oxygen atoms in total. The molecule has 3 rings (SSSR count). The Morgan fingerprint density at radius 2 is 1.87 bits per heavy atom. The van der Waals surface area contributed by atoms with Crippen molar-refractivity contribution in [2.75, 3.05) is 20.8 Å². The number of urea groups is 1. The molecule has 0 bridgehead atoms. The van der Waals surface area contributed by atoms with Gasteiger partial charge in [0.25, 0.3) is 0 Å².